The lowest BCUT2D eigenvalue weighted by molar-refractivity contribution is 0.251. The minimum Gasteiger partial charge on any atom is -0.491 e. The van der Waals surface area contributed by atoms with Crippen molar-refractivity contribution in [2.24, 2.45) is 0 Å². The molecule has 32 heavy (non-hydrogen) atoms. The zero-order valence-electron chi connectivity index (χ0n) is 18.7. The first-order valence-electron chi connectivity index (χ1n) is 11.1. The number of aromatic nitrogens is 2. The molecule has 1 aromatic heterocycles. The van der Waals surface area contributed by atoms with Crippen molar-refractivity contribution in [1.29, 1.82) is 0 Å². The molecule has 0 aliphatic heterocycles. The van der Waals surface area contributed by atoms with Crippen LogP contribution >= 0.6 is 0 Å². The second-order valence-electron chi connectivity index (χ2n) is 7.62. The SMILES string of the molecule is CCCCCNC(=O)Nc1ccccc1OCCCn1c(F)nc(-c2ccccc2)c1C. The van der Waals surface area contributed by atoms with E-state index in [1.165, 1.54) is 0 Å². The van der Waals surface area contributed by atoms with Crippen molar-refractivity contribution in [3.63, 3.8) is 0 Å². The van der Waals surface area contributed by atoms with Gasteiger partial charge < -0.3 is 19.9 Å². The summed E-state index contributed by atoms with van der Waals surface area (Å²) in [7, 11) is 0. The Morgan fingerprint density at radius 2 is 1.81 bits per heavy atom. The quantitative estimate of drug-likeness (QED) is 0.373. The van der Waals surface area contributed by atoms with Crippen molar-refractivity contribution in [3.8, 4) is 17.0 Å². The maximum Gasteiger partial charge on any atom is 0.319 e. The molecule has 2 N–H and O–H groups in total. The number of hydrogen-bond acceptors (Lipinski definition) is 3. The van der Waals surface area contributed by atoms with Gasteiger partial charge in [0.05, 0.1) is 18.0 Å². The van der Waals surface area contributed by atoms with E-state index in [0.29, 0.717) is 43.2 Å². The number of ether oxygens (including phenoxy) is 1. The third-order valence-electron chi connectivity index (χ3n) is 5.21. The predicted octanol–water partition coefficient (Wildman–Crippen LogP) is 5.78. The molecule has 0 aliphatic carbocycles. The van der Waals surface area contributed by atoms with Gasteiger partial charge in [-0.3, -0.25) is 0 Å². The first-order chi connectivity index (χ1) is 15.6. The monoisotopic (exact) mass is 438 g/mol. The van der Waals surface area contributed by atoms with E-state index < -0.39 is 6.08 Å². The summed E-state index contributed by atoms with van der Waals surface area (Å²) in [5, 5.41) is 5.69. The normalized spacial score (nSPS) is 10.7. The number of anilines is 1. The first kappa shape index (κ1) is 23.3. The van der Waals surface area contributed by atoms with Gasteiger partial charge in [-0.2, -0.15) is 4.39 Å². The van der Waals surface area contributed by atoms with Gasteiger partial charge >= 0.3 is 6.03 Å². The van der Waals surface area contributed by atoms with Crippen molar-refractivity contribution in [3.05, 3.63) is 66.4 Å². The molecule has 7 heteroatoms. The number of carbonyl (C=O) groups excluding carboxylic acids is 1. The molecule has 0 spiro atoms. The number of rotatable bonds is 11. The Hall–Kier alpha value is -3.35. The second kappa shape index (κ2) is 11.9. The fourth-order valence-electron chi connectivity index (χ4n) is 3.47. The number of imidazole rings is 1. The molecule has 0 atom stereocenters. The van der Waals surface area contributed by atoms with Crippen LogP contribution in [0.25, 0.3) is 11.3 Å². The summed E-state index contributed by atoms with van der Waals surface area (Å²) in [6.07, 6.45) is 3.25. The fraction of sp³-hybridized carbons (Fsp3) is 0.360. The van der Waals surface area contributed by atoms with Crippen LogP contribution in [0.4, 0.5) is 14.9 Å². The highest BCUT2D eigenvalue weighted by Gasteiger charge is 2.15. The summed E-state index contributed by atoms with van der Waals surface area (Å²) in [5.41, 5.74) is 2.95. The van der Waals surface area contributed by atoms with Crippen molar-refractivity contribution < 1.29 is 13.9 Å². The van der Waals surface area contributed by atoms with Gasteiger partial charge in [0.25, 0.3) is 6.08 Å². The first-order valence-corrected chi connectivity index (χ1v) is 11.1. The van der Waals surface area contributed by atoms with Crippen LogP contribution < -0.4 is 15.4 Å². The lowest BCUT2D eigenvalue weighted by Crippen LogP contribution is -2.29. The number of nitrogens with one attached hydrogen (secondary N) is 2. The number of amides is 2. The Bertz CT molecular complexity index is 1000. The van der Waals surface area contributed by atoms with Crippen LogP contribution in [0.1, 0.15) is 38.3 Å². The topological polar surface area (TPSA) is 68.2 Å². The molecule has 3 aromatic rings. The number of halogens is 1. The number of hydrogen-bond donors (Lipinski definition) is 2. The van der Waals surface area contributed by atoms with E-state index in [1.54, 1.807) is 10.6 Å². The Morgan fingerprint density at radius 1 is 1.06 bits per heavy atom. The summed E-state index contributed by atoms with van der Waals surface area (Å²) in [4.78, 5) is 16.2. The van der Waals surface area contributed by atoms with E-state index in [4.69, 9.17) is 4.74 Å². The number of benzene rings is 2. The van der Waals surface area contributed by atoms with Gasteiger partial charge in [0.15, 0.2) is 0 Å². The summed E-state index contributed by atoms with van der Waals surface area (Å²) >= 11 is 0. The van der Waals surface area contributed by atoms with Crippen molar-refractivity contribution >= 4 is 11.7 Å². The minimum absolute atomic E-state index is 0.248. The van der Waals surface area contributed by atoms with Gasteiger partial charge in [-0.1, -0.05) is 62.2 Å². The van der Waals surface area contributed by atoms with Gasteiger partial charge in [-0.05, 0) is 31.9 Å². The van der Waals surface area contributed by atoms with Crippen LogP contribution in [0, 0.1) is 13.0 Å². The molecule has 0 unspecified atom stereocenters. The van der Waals surface area contributed by atoms with E-state index in [9.17, 15) is 9.18 Å². The number of para-hydroxylation sites is 2. The number of nitrogens with zero attached hydrogens (tertiary/aromatic N) is 2. The Labute approximate surface area is 188 Å². The lowest BCUT2D eigenvalue weighted by Gasteiger charge is -2.13. The molecule has 2 amide bonds. The van der Waals surface area contributed by atoms with Gasteiger partial charge in [0.2, 0.25) is 0 Å². The average molecular weight is 439 g/mol. The molecule has 3 rings (SSSR count). The van der Waals surface area contributed by atoms with Gasteiger partial charge in [0.1, 0.15) is 5.75 Å². The molecule has 0 bridgehead atoms. The van der Waals surface area contributed by atoms with Crippen LogP contribution in [0.5, 0.6) is 5.75 Å². The fourth-order valence-corrected chi connectivity index (χ4v) is 3.47. The van der Waals surface area contributed by atoms with Crippen molar-refractivity contribution in [2.45, 2.75) is 46.1 Å². The van der Waals surface area contributed by atoms with Gasteiger partial charge in [-0.15, -0.1) is 0 Å². The second-order valence-corrected chi connectivity index (χ2v) is 7.62. The number of carbonyl (C=O) groups is 1. The summed E-state index contributed by atoms with van der Waals surface area (Å²) in [6.45, 7) is 5.47. The molecular weight excluding hydrogens is 407 g/mol. The third kappa shape index (κ3) is 6.33. The van der Waals surface area contributed by atoms with Crippen LogP contribution in [0.15, 0.2) is 54.6 Å². The maximum absolute atomic E-state index is 14.4. The molecule has 0 saturated carbocycles. The van der Waals surface area contributed by atoms with Crippen molar-refractivity contribution in [2.75, 3.05) is 18.5 Å². The zero-order valence-corrected chi connectivity index (χ0v) is 18.7. The predicted molar refractivity (Wildman–Crippen MR) is 125 cm³/mol. The average Bonchev–Trinajstić information content (AvgIpc) is 3.09. The summed E-state index contributed by atoms with van der Waals surface area (Å²) in [5.74, 6) is 0.587. The number of unbranched alkanes of at least 4 members (excludes halogenated alkanes) is 2. The molecule has 6 nitrogen and oxygen atoms in total. The Balaban J connectivity index is 1.52. The van der Waals surface area contributed by atoms with Gasteiger partial charge in [0, 0.05) is 24.3 Å². The van der Waals surface area contributed by atoms with Gasteiger partial charge in [-0.25, -0.2) is 9.78 Å². The largest absolute Gasteiger partial charge is 0.491 e. The van der Waals surface area contributed by atoms with E-state index in [-0.39, 0.29) is 6.03 Å². The van der Waals surface area contributed by atoms with Crippen LogP contribution in [0.3, 0.4) is 0 Å². The van der Waals surface area contributed by atoms with E-state index in [2.05, 4.69) is 22.5 Å². The van der Waals surface area contributed by atoms with Crippen LogP contribution in [-0.4, -0.2) is 28.7 Å². The highest BCUT2D eigenvalue weighted by molar-refractivity contribution is 5.90. The van der Waals surface area contributed by atoms with Crippen LogP contribution in [-0.2, 0) is 6.54 Å². The molecule has 0 aliphatic rings. The highest BCUT2D eigenvalue weighted by atomic mass is 19.1. The van der Waals surface area contributed by atoms with E-state index in [1.807, 2.05) is 55.5 Å². The minimum atomic E-state index is -0.497. The smallest absolute Gasteiger partial charge is 0.319 e. The standard InChI is InChI=1S/C25H31FN4O2/c1-3-4-10-16-27-25(31)28-21-14-8-9-15-22(21)32-18-11-17-30-19(2)23(29-24(30)26)20-12-6-5-7-13-20/h5-9,12-15H,3-4,10-11,16-18H2,1-2H3,(H2,27,28,31). The molecule has 0 radical (unpaired) electrons. The zero-order chi connectivity index (χ0) is 22.8. The summed E-state index contributed by atoms with van der Waals surface area (Å²) < 4.78 is 21.9. The molecule has 170 valence electrons. The Kier molecular flexibility index (Phi) is 8.66. The van der Waals surface area contributed by atoms with E-state index in [0.717, 1.165) is 30.5 Å². The van der Waals surface area contributed by atoms with Crippen molar-refractivity contribution in [1.82, 2.24) is 14.9 Å². The maximum atomic E-state index is 14.4. The molecule has 0 saturated heterocycles. The molecular formula is C25H31FN4O2. The number of urea groups is 1. The lowest BCUT2D eigenvalue weighted by atomic mass is 10.1. The summed E-state index contributed by atoms with van der Waals surface area (Å²) in [6, 6.07) is 16.6. The Morgan fingerprint density at radius 3 is 2.59 bits per heavy atom. The van der Waals surface area contributed by atoms with Crippen LogP contribution in [0.2, 0.25) is 0 Å². The highest BCUT2D eigenvalue weighted by Crippen LogP contribution is 2.25. The molecule has 0 fully saturated rings. The molecule has 2 aromatic carbocycles. The third-order valence-corrected chi connectivity index (χ3v) is 5.21. The van der Waals surface area contributed by atoms with E-state index >= 15 is 0 Å². The molecule has 1 heterocycles.